The van der Waals surface area contributed by atoms with Gasteiger partial charge >= 0.3 is 5.97 Å². The zero-order valence-electron chi connectivity index (χ0n) is 12.0. The quantitative estimate of drug-likeness (QED) is 0.644. The molecule has 0 amide bonds. The predicted molar refractivity (Wildman–Crippen MR) is 81.2 cm³/mol. The smallest absolute Gasteiger partial charge is 0.312 e. The van der Waals surface area contributed by atoms with Gasteiger partial charge in [-0.3, -0.25) is 4.79 Å². The molecule has 0 saturated heterocycles. The summed E-state index contributed by atoms with van der Waals surface area (Å²) in [4.78, 5) is 11.5. The van der Waals surface area contributed by atoms with Crippen molar-refractivity contribution < 1.29 is 9.53 Å². The Kier molecular flexibility index (Phi) is 6.01. The number of nitrogens with one attached hydrogen (secondary N) is 1. The number of carbonyl (C=O) groups excluding carboxylic acids is 1. The van der Waals surface area contributed by atoms with Crippen LogP contribution in [0, 0.1) is 12.3 Å². The Labute approximate surface area is 123 Å². The molecule has 0 atom stereocenters. The number of carbonyl (C=O) groups is 1. The minimum Gasteiger partial charge on any atom is -0.469 e. The van der Waals surface area contributed by atoms with E-state index in [4.69, 9.17) is 4.74 Å². The molecule has 19 heavy (non-hydrogen) atoms. The average Bonchev–Trinajstić information content (AvgIpc) is 2.37. The fourth-order valence-electron chi connectivity index (χ4n) is 1.88. The number of methoxy groups -OCH3 is 1. The van der Waals surface area contributed by atoms with Crippen LogP contribution in [0.3, 0.4) is 0 Å². The molecule has 1 N–H and O–H groups in total. The summed E-state index contributed by atoms with van der Waals surface area (Å²) in [5.74, 6) is -0.182. The van der Waals surface area contributed by atoms with Crippen LogP contribution in [0.1, 0.15) is 25.0 Å². The highest BCUT2D eigenvalue weighted by Crippen LogP contribution is 2.17. The maximum Gasteiger partial charge on any atom is 0.312 e. The second kappa shape index (κ2) is 7.06. The molecule has 0 unspecified atom stereocenters. The van der Waals surface area contributed by atoms with Gasteiger partial charge in [-0.15, -0.1) is 0 Å². The summed E-state index contributed by atoms with van der Waals surface area (Å²) in [7, 11) is 1.43. The highest BCUT2D eigenvalue weighted by Gasteiger charge is 2.27. The molecular weight excluding hydrogens is 306 g/mol. The van der Waals surface area contributed by atoms with Crippen molar-refractivity contribution in [2.24, 2.45) is 5.41 Å². The minimum atomic E-state index is -0.485. The first kappa shape index (κ1) is 16.2. The SMILES string of the molecule is COC(=O)C(C)(C)CNCCc1cc(Br)ccc1C. The molecule has 0 bridgehead atoms. The summed E-state index contributed by atoms with van der Waals surface area (Å²) in [5.41, 5.74) is 2.12. The molecule has 0 spiro atoms. The van der Waals surface area contributed by atoms with Gasteiger partial charge in [-0.25, -0.2) is 0 Å². The van der Waals surface area contributed by atoms with Crippen molar-refractivity contribution in [2.45, 2.75) is 27.2 Å². The maximum atomic E-state index is 11.5. The van der Waals surface area contributed by atoms with Crippen LogP contribution >= 0.6 is 15.9 Å². The van der Waals surface area contributed by atoms with E-state index in [1.165, 1.54) is 18.2 Å². The summed E-state index contributed by atoms with van der Waals surface area (Å²) in [6, 6.07) is 6.30. The van der Waals surface area contributed by atoms with Gasteiger partial charge in [0.2, 0.25) is 0 Å². The Balaban J connectivity index is 2.43. The van der Waals surface area contributed by atoms with Crippen LogP contribution in [-0.2, 0) is 16.0 Å². The van der Waals surface area contributed by atoms with Gasteiger partial charge in [-0.05, 0) is 57.0 Å². The standard InChI is InChI=1S/C15H22BrNO2/c1-11-5-6-13(16)9-12(11)7-8-17-10-15(2,3)14(18)19-4/h5-6,9,17H,7-8,10H2,1-4H3. The first-order chi connectivity index (χ1) is 8.86. The van der Waals surface area contributed by atoms with Crippen molar-refractivity contribution in [1.29, 1.82) is 0 Å². The third-order valence-electron chi connectivity index (χ3n) is 3.19. The van der Waals surface area contributed by atoms with Crippen molar-refractivity contribution in [2.75, 3.05) is 20.2 Å². The van der Waals surface area contributed by atoms with Gasteiger partial charge in [0.1, 0.15) is 0 Å². The van der Waals surface area contributed by atoms with Gasteiger partial charge < -0.3 is 10.1 Å². The fraction of sp³-hybridized carbons (Fsp3) is 0.533. The first-order valence-corrected chi connectivity index (χ1v) is 7.20. The summed E-state index contributed by atoms with van der Waals surface area (Å²) in [5, 5.41) is 3.32. The van der Waals surface area contributed by atoms with Crippen molar-refractivity contribution in [1.82, 2.24) is 5.32 Å². The normalized spacial score (nSPS) is 11.4. The van der Waals surface area contributed by atoms with Crippen LogP contribution in [0.2, 0.25) is 0 Å². The molecule has 0 aliphatic rings. The van der Waals surface area contributed by atoms with Crippen LogP contribution in [0.4, 0.5) is 0 Å². The zero-order chi connectivity index (χ0) is 14.5. The third-order valence-corrected chi connectivity index (χ3v) is 3.68. The zero-order valence-corrected chi connectivity index (χ0v) is 13.6. The van der Waals surface area contributed by atoms with Gasteiger partial charge in [-0.1, -0.05) is 22.0 Å². The van der Waals surface area contributed by atoms with E-state index in [9.17, 15) is 4.79 Å². The van der Waals surface area contributed by atoms with Crippen LogP contribution in [0.25, 0.3) is 0 Å². The number of ether oxygens (including phenoxy) is 1. The van der Waals surface area contributed by atoms with E-state index in [0.717, 1.165) is 17.4 Å². The van der Waals surface area contributed by atoms with Gasteiger partial charge in [-0.2, -0.15) is 0 Å². The Bertz CT molecular complexity index is 444. The van der Waals surface area contributed by atoms with Crippen molar-refractivity contribution in [3.8, 4) is 0 Å². The third kappa shape index (κ3) is 4.96. The Morgan fingerprint density at radius 1 is 1.42 bits per heavy atom. The molecule has 0 fully saturated rings. The van der Waals surface area contributed by atoms with Crippen LogP contribution < -0.4 is 5.32 Å². The minimum absolute atomic E-state index is 0.182. The summed E-state index contributed by atoms with van der Waals surface area (Å²) >= 11 is 3.48. The number of benzene rings is 1. The number of halogens is 1. The van der Waals surface area contributed by atoms with Crippen molar-refractivity contribution in [3.63, 3.8) is 0 Å². The average molecular weight is 328 g/mol. The van der Waals surface area contributed by atoms with Gasteiger partial charge in [0.15, 0.2) is 0 Å². The molecule has 0 radical (unpaired) electrons. The van der Waals surface area contributed by atoms with E-state index in [0.29, 0.717) is 6.54 Å². The Morgan fingerprint density at radius 2 is 2.11 bits per heavy atom. The number of aryl methyl sites for hydroxylation is 1. The van der Waals surface area contributed by atoms with Crippen molar-refractivity contribution in [3.05, 3.63) is 33.8 Å². The van der Waals surface area contributed by atoms with E-state index in [1.807, 2.05) is 19.9 Å². The lowest BCUT2D eigenvalue weighted by Gasteiger charge is -2.21. The summed E-state index contributed by atoms with van der Waals surface area (Å²) in [6.45, 7) is 7.34. The lowest BCUT2D eigenvalue weighted by Crippen LogP contribution is -2.37. The van der Waals surface area contributed by atoms with Crippen LogP contribution in [0.15, 0.2) is 22.7 Å². The number of esters is 1. The van der Waals surface area contributed by atoms with Crippen LogP contribution in [0.5, 0.6) is 0 Å². The van der Waals surface area contributed by atoms with E-state index < -0.39 is 5.41 Å². The first-order valence-electron chi connectivity index (χ1n) is 6.41. The molecule has 0 aliphatic heterocycles. The lowest BCUT2D eigenvalue weighted by molar-refractivity contribution is -0.150. The maximum absolute atomic E-state index is 11.5. The fourth-order valence-corrected chi connectivity index (χ4v) is 2.29. The second-order valence-corrected chi connectivity index (χ2v) is 6.29. The number of hydrogen-bond acceptors (Lipinski definition) is 3. The lowest BCUT2D eigenvalue weighted by atomic mass is 9.93. The van der Waals surface area contributed by atoms with Gasteiger partial charge in [0.25, 0.3) is 0 Å². The second-order valence-electron chi connectivity index (χ2n) is 5.37. The molecule has 1 aromatic rings. The molecule has 106 valence electrons. The van der Waals surface area contributed by atoms with Crippen LogP contribution in [-0.4, -0.2) is 26.2 Å². The Hall–Kier alpha value is -0.870. The predicted octanol–water partition coefficient (Wildman–Crippen LogP) is 3.09. The molecule has 1 rings (SSSR count). The highest BCUT2D eigenvalue weighted by atomic mass is 79.9. The summed E-state index contributed by atoms with van der Waals surface area (Å²) in [6.07, 6.45) is 0.947. The Morgan fingerprint density at radius 3 is 2.74 bits per heavy atom. The molecule has 0 saturated carbocycles. The molecule has 0 heterocycles. The molecule has 4 heteroatoms. The highest BCUT2D eigenvalue weighted by molar-refractivity contribution is 9.10. The number of hydrogen-bond donors (Lipinski definition) is 1. The van der Waals surface area contributed by atoms with E-state index >= 15 is 0 Å². The topological polar surface area (TPSA) is 38.3 Å². The molecular formula is C15H22BrNO2. The van der Waals surface area contributed by atoms with E-state index in [-0.39, 0.29) is 5.97 Å². The summed E-state index contributed by atoms with van der Waals surface area (Å²) < 4.78 is 5.88. The molecule has 3 nitrogen and oxygen atoms in total. The van der Waals surface area contributed by atoms with Gasteiger partial charge in [0, 0.05) is 11.0 Å². The van der Waals surface area contributed by atoms with E-state index in [1.54, 1.807) is 0 Å². The largest absolute Gasteiger partial charge is 0.469 e. The molecule has 0 aromatic heterocycles. The van der Waals surface area contributed by atoms with Gasteiger partial charge in [0.05, 0.1) is 12.5 Å². The van der Waals surface area contributed by atoms with E-state index in [2.05, 4.69) is 40.3 Å². The molecule has 1 aromatic carbocycles. The van der Waals surface area contributed by atoms with Crippen molar-refractivity contribution >= 4 is 21.9 Å². The molecule has 0 aliphatic carbocycles. The monoisotopic (exact) mass is 327 g/mol. The number of rotatable bonds is 6.